The molecule has 0 aromatic carbocycles. The second kappa shape index (κ2) is 5.98. The standard InChI is InChI=1S/C16H23N7/c1-10(2)8-23-9-17-6-13(23)7-18-15-14-11(3)21-22(5)16(14)20-12(4)19-15/h6,9-10H,7-8H2,1-5H3,(H,18,19,20). The van der Waals surface area contributed by atoms with Crippen LogP contribution in [-0.4, -0.2) is 29.3 Å². The fraction of sp³-hybridized carbons (Fsp3) is 0.500. The summed E-state index contributed by atoms with van der Waals surface area (Å²) in [6.45, 7) is 9.92. The average molecular weight is 313 g/mol. The van der Waals surface area contributed by atoms with Gasteiger partial charge in [-0.15, -0.1) is 0 Å². The Hall–Kier alpha value is -2.44. The maximum Gasteiger partial charge on any atom is 0.163 e. The molecule has 3 aromatic rings. The van der Waals surface area contributed by atoms with Crippen LogP contribution in [-0.2, 0) is 20.1 Å². The van der Waals surface area contributed by atoms with E-state index in [1.54, 1.807) is 4.68 Å². The first kappa shape index (κ1) is 15.5. The van der Waals surface area contributed by atoms with Crippen molar-refractivity contribution in [1.29, 1.82) is 0 Å². The van der Waals surface area contributed by atoms with E-state index < -0.39 is 0 Å². The lowest BCUT2D eigenvalue weighted by molar-refractivity contribution is 0.511. The minimum Gasteiger partial charge on any atom is -0.364 e. The molecule has 0 unspecified atom stereocenters. The molecule has 0 saturated carbocycles. The van der Waals surface area contributed by atoms with Crippen LogP contribution in [0.4, 0.5) is 5.82 Å². The van der Waals surface area contributed by atoms with Gasteiger partial charge in [-0.3, -0.25) is 4.68 Å². The summed E-state index contributed by atoms with van der Waals surface area (Å²) >= 11 is 0. The maximum absolute atomic E-state index is 4.56. The van der Waals surface area contributed by atoms with Gasteiger partial charge in [0.05, 0.1) is 29.6 Å². The molecular formula is C16H23N7. The second-order valence-electron chi connectivity index (χ2n) is 6.31. The van der Waals surface area contributed by atoms with Crippen molar-refractivity contribution in [3.8, 4) is 0 Å². The summed E-state index contributed by atoms with van der Waals surface area (Å²) < 4.78 is 3.98. The van der Waals surface area contributed by atoms with E-state index in [1.807, 2.05) is 33.4 Å². The van der Waals surface area contributed by atoms with Crippen LogP contribution in [0.15, 0.2) is 12.5 Å². The summed E-state index contributed by atoms with van der Waals surface area (Å²) in [6.07, 6.45) is 3.78. The zero-order valence-corrected chi connectivity index (χ0v) is 14.3. The second-order valence-corrected chi connectivity index (χ2v) is 6.31. The Morgan fingerprint density at radius 1 is 1.22 bits per heavy atom. The number of hydrogen-bond donors (Lipinski definition) is 1. The summed E-state index contributed by atoms with van der Waals surface area (Å²) in [4.78, 5) is 13.3. The molecule has 122 valence electrons. The number of imidazole rings is 1. The number of hydrogen-bond acceptors (Lipinski definition) is 5. The predicted molar refractivity (Wildman–Crippen MR) is 90.2 cm³/mol. The SMILES string of the molecule is Cc1nc(NCc2cncn2CC(C)C)c2c(C)nn(C)c2n1. The molecule has 0 bridgehead atoms. The zero-order chi connectivity index (χ0) is 16.6. The van der Waals surface area contributed by atoms with Gasteiger partial charge in [-0.1, -0.05) is 13.8 Å². The number of anilines is 1. The van der Waals surface area contributed by atoms with E-state index in [2.05, 4.69) is 43.8 Å². The number of aryl methyl sites for hydroxylation is 3. The minimum atomic E-state index is 0.580. The summed E-state index contributed by atoms with van der Waals surface area (Å²) in [5, 5.41) is 8.86. The van der Waals surface area contributed by atoms with E-state index in [-0.39, 0.29) is 0 Å². The van der Waals surface area contributed by atoms with Crippen molar-refractivity contribution in [3.05, 3.63) is 29.7 Å². The van der Waals surface area contributed by atoms with Gasteiger partial charge in [0.15, 0.2) is 5.65 Å². The fourth-order valence-corrected chi connectivity index (χ4v) is 2.80. The van der Waals surface area contributed by atoms with Gasteiger partial charge < -0.3 is 9.88 Å². The molecule has 7 heteroatoms. The number of fused-ring (bicyclic) bond motifs is 1. The Kier molecular flexibility index (Phi) is 4.02. The van der Waals surface area contributed by atoms with Gasteiger partial charge in [-0.2, -0.15) is 5.10 Å². The van der Waals surface area contributed by atoms with Crippen molar-refractivity contribution in [2.45, 2.75) is 40.8 Å². The molecule has 3 rings (SSSR count). The number of nitrogens with zero attached hydrogens (tertiary/aromatic N) is 6. The summed E-state index contributed by atoms with van der Waals surface area (Å²) in [5.41, 5.74) is 2.93. The maximum atomic E-state index is 4.56. The van der Waals surface area contributed by atoms with Crippen LogP contribution in [0.1, 0.15) is 31.1 Å². The van der Waals surface area contributed by atoms with E-state index in [4.69, 9.17) is 0 Å². The molecule has 23 heavy (non-hydrogen) atoms. The molecule has 7 nitrogen and oxygen atoms in total. The van der Waals surface area contributed by atoms with Crippen molar-refractivity contribution >= 4 is 16.9 Å². The van der Waals surface area contributed by atoms with E-state index in [0.29, 0.717) is 12.5 Å². The minimum absolute atomic E-state index is 0.580. The van der Waals surface area contributed by atoms with Crippen molar-refractivity contribution in [2.75, 3.05) is 5.32 Å². The highest BCUT2D eigenvalue weighted by atomic mass is 15.3. The van der Waals surface area contributed by atoms with Crippen LogP contribution in [0.5, 0.6) is 0 Å². The van der Waals surface area contributed by atoms with Gasteiger partial charge in [0, 0.05) is 19.8 Å². The molecular weight excluding hydrogens is 290 g/mol. The Morgan fingerprint density at radius 3 is 2.74 bits per heavy atom. The molecule has 0 saturated heterocycles. The van der Waals surface area contributed by atoms with Gasteiger partial charge >= 0.3 is 0 Å². The first-order valence-corrected chi connectivity index (χ1v) is 7.86. The van der Waals surface area contributed by atoms with Crippen molar-refractivity contribution in [2.24, 2.45) is 13.0 Å². The lowest BCUT2D eigenvalue weighted by Crippen LogP contribution is -2.11. The monoisotopic (exact) mass is 313 g/mol. The molecule has 3 heterocycles. The van der Waals surface area contributed by atoms with Gasteiger partial charge in [0.25, 0.3) is 0 Å². The molecule has 0 fully saturated rings. The van der Waals surface area contributed by atoms with E-state index >= 15 is 0 Å². The lowest BCUT2D eigenvalue weighted by Gasteiger charge is -2.12. The third-order valence-electron chi connectivity index (χ3n) is 3.77. The summed E-state index contributed by atoms with van der Waals surface area (Å²) in [5.74, 6) is 2.14. The highest BCUT2D eigenvalue weighted by molar-refractivity contribution is 5.89. The third-order valence-corrected chi connectivity index (χ3v) is 3.77. The zero-order valence-electron chi connectivity index (χ0n) is 14.3. The van der Waals surface area contributed by atoms with E-state index in [1.165, 1.54) is 0 Å². The first-order chi connectivity index (χ1) is 11.0. The molecule has 0 radical (unpaired) electrons. The van der Waals surface area contributed by atoms with Gasteiger partial charge in [0.2, 0.25) is 0 Å². The molecule has 0 spiro atoms. The molecule has 0 amide bonds. The van der Waals surface area contributed by atoms with Crippen LogP contribution >= 0.6 is 0 Å². The topological polar surface area (TPSA) is 73.5 Å². The average Bonchev–Trinajstić information content (AvgIpc) is 3.01. The summed E-state index contributed by atoms with van der Waals surface area (Å²) in [6, 6.07) is 0. The van der Waals surface area contributed by atoms with Gasteiger partial charge in [-0.25, -0.2) is 15.0 Å². The van der Waals surface area contributed by atoms with Crippen LogP contribution in [0.25, 0.3) is 11.0 Å². The van der Waals surface area contributed by atoms with Gasteiger partial charge in [-0.05, 0) is 19.8 Å². The predicted octanol–water partition coefficient (Wildman–Crippen LogP) is 2.44. The van der Waals surface area contributed by atoms with Crippen molar-refractivity contribution < 1.29 is 0 Å². The highest BCUT2D eigenvalue weighted by Crippen LogP contribution is 2.23. The number of aromatic nitrogens is 6. The largest absolute Gasteiger partial charge is 0.364 e. The van der Waals surface area contributed by atoms with Crippen molar-refractivity contribution in [3.63, 3.8) is 0 Å². The Morgan fingerprint density at radius 2 is 2.00 bits per heavy atom. The van der Waals surface area contributed by atoms with E-state index in [0.717, 1.165) is 40.6 Å². The van der Waals surface area contributed by atoms with Crippen molar-refractivity contribution in [1.82, 2.24) is 29.3 Å². The van der Waals surface area contributed by atoms with Crippen LogP contribution < -0.4 is 5.32 Å². The Balaban J connectivity index is 1.89. The van der Waals surface area contributed by atoms with Crippen LogP contribution in [0, 0.1) is 19.8 Å². The molecule has 0 aliphatic carbocycles. The first-order valence-electron chi connectivity index (χ1n) is 7.86. The molecule has 0 atom stereocenters. The lowest BCUT2D eigenvalue weighted by atomic mass is 10.2. The smallest absolute Gasteiger partial charge is 0.163 e. The molecule has 3 aromatic heterocycles. The normalized spacial score (nSPS) is 11.6. The third kappa shape index (κ3) is 3.04. The van der Waals surface area contributed by atoms with Gasteiger partial charge in [0.1, 0.15) is 11.6 Å². The molecule has 0 aliphatic heterocycles. The van der Waals surface area contributed by atoms with E-state index in [9.17, 15) is 0 Å². The Bertz CT molecular complexity index is 828. The molecule has 0 aliphatic rings. The highest BCUT2D eigenvalue weighted by Gasteiger charge is 2.14. The van der Waals surface area contributed by atoms with Crippen LogP contribution in [0.2, 0.25) is 0 Å². The van der Waals surface area contributed by atoms with Crippen LogP contribution in [0.3, 0.4) is 0 Å². The number of nitrogens with one attached hydrogen (secondary N) is 1. The Labute approximate surface area is 135 Å². The number of rotatable bonds is 5. The summed E-state index contributed by atoms with van der Waals surface area (Å²) in [7, 11) is 1.91. The quantitative estimate of drug-likeness (QED) is 0.783. The molecule has 1 N–H and O–H groups in total. The fourth-order valence-electron chi connectivity index (χ4n) is 2.80.